The Morgan fingerprint density at radius 3 is 1.35 bits per heavy atom. The minimum Gasteiger partial charge on any atom is -0.344 e. The summed E-state index contributed by atoms with van der Waals surface area (Å²) < 4.78 is 86.7. The van der Waals surface area contributed by atoms with Gasteiger partial charge in [0, 0.05) is 46.7 Å². The van der Waals surface area contributed by atoms with Gasteiger partial charge in [-0.15, -0.1) is 0 Å². The molecule has 71 heavy (non-hydrogen) atoms. The average Bonchev–Trinajstić information content (AvgIpc) is 4.00. The number of alkyl halides is 6. The third kappa shape index (κ3) is 8.67. The van der Waals surface area contributed by atoms with Crippen LogP contribution >= 0.6 is 0 Å². The number of fused-ring (bicyclic) bond motifs is 2. The van der Waals surface area contributed by atoms with E-state index in [-0.39, 0.29) is 22.5 Å². The van der Waals surface area contributed by atoms with Crippen molar-refractivity contribution in [1.82, 2.24) is 0 Å². The van der Waals surface area contributed by atoms with E-state index in [9.17, 15) is 46.5 Å². The number of para-hydroxylation sites is 2. The quantitative estimate of drug-likeness (QED) is 0.107. The van der Waals surface area contributed by atoms with Crippen molar-refractivity contribution in [1.29, 1.82) is 10.5 Å². The highest BCUT2D eigenvalue weighted by atomic mass is 19.4. The lowest BCUT2D eigenvalue weighted by Gasteiger charge is -2.28. The van der Waals surface area contributed by atoms with Crippen LogP contribution in [0.4, 0.5) is 49.1 Å². The number of nitrogens with zero attached hydrogens (tertiary/aromatic N) is 8. The van der Waals surface area contributed by atoms with Gasteiger partial charge in [-0.25, -0.2) is 0 Å². The van der Waals surface area contributed by atoms with Crippen molar-refractivity contribution in [2.24, 2.45) is 10.2 Å². The van der Waals surface area contributed by atoms with Crippen LogP contribution in [0.25, 0.3) is 0 Å². The lowest BCUT2D eigenvalue weighted by molar-refractivity contribution is -0.115. The Labute approximate surface area is 405 Å². The van der Waals surface area contributed by atoms with E-state index < -0.39 is 57.6 Å². The maximum Gasteiger partial charge on any atom is 0.435 e. The summed E-state index contributed by atoms with van der Waals surface area (Å²) in [5.41, 5.74) is 2.26. The number of hydrogen-bond acceptors (Lipinski definition) is 8. The molecule has 5 aromatic carbocycles. The topological polar surface area (TPSA) is 119 Å². The van der Waals surface area contributed by atoms with E-state index in [4.69, 9.17) is 0 Å². The number of anilines is 4. The van der Waals surface area contributed by atoms with Gasteiger partial charge in [0.15, 0.2) is 11.4 Å². The van der Waals surface area contributed by atoms with Crippen molar-refractivity contribution >= 4 is 46.0 Å². The van der Waals surface area contributed by atoms with E-state index in [1.807, 2.05) is 122 Å². The molecule has 0 spiro atoms. The van der Waals surface area contributed by atoms with Crippen LogP contribution in [-0.2, 0) is 33.4 Å². The molecule has 0 fully saturated rings. The molecule has 16 heteroatoms. The zero-order chi connectivity index (χ0) is 50.6. The molecule has 4 aliphatic rings. The normalized spacial score (nSPS) is 19.4. The molecule has 0 N–H and O–H groups in total. The van der Waals surface area contributed by atoms with Gasteiger partial charge in [0.25, 0.3) is 11.8 Å². The summed E-state index contributed by atoms with van der Waals surface area (Å²) in [6.07, 6.45) is -3.89. The largest absolute Gasteiger partial charge is 0.435 e. The zero-order valence-corrected chi connectivity index (χ0v) is 38.6. The van der Waals surface area contributed by atoms with Gasteiger partial charge in [-0.2, -0.15) is 57.1 Å². The van der Waals surface area contributed by atoms with Crippen LogP contribution in [0.5, 0.6) is 0 Å². The fourth-order valence-corrected chi connectivity index (χ4v) is 9.51. The number of halogens is 6. The van der Waals surface area contributed by atoms with Gasteiger partial charge < -0.3 is 9.80 Å². The molecule has 0 unspecified atom stereocenters. The molecule has 0 aliphatic carbocycles. The first-order valence-electron chi connectivity index (χ1n) is 22.4. The van der Waals surface area contributed by atoms with Crippen LogP contribution in [0.15, 0.2) is 178 Å². The first-order chi connectivity index (χ1) is 33.7. The van der Waals surface area contributed by atoms with Crippen LogP contribution in [0, 0.1) is 22.7 Å². The highest BCUT2D eigenvalue weighted by Gasteiger charge is 2.49. The molecule has 9 rings (SSSR count). The predicted octanol–water partition coefficient (Wildman–Crippen LogP) is 11.6. The van der Waals surface area contributed by atoms with E-state index in [0.717, 1.165) is 33.6 Å². The summed E-state index contributed by atoms with van der Waals surface area (Å²) in [6.45, 7) is 8.65. The number of amides is 2. The highest BCUT2D eigenvalue weighted by Crippen LogP contribution is 2.50. The van der Waals surface area contributed by atoms with Gasteiger partial charge in [0.2, 0.25) is 0 Å². The first kappa shape index (κ1) is 47.6. The number of hydrazone groups is 2. The van der Waals surface area contributed by atoms with Crippen molar-refractivity contribution < 1.29 is 35.9 Å². The average molecular weight is 961 g/mol. The van der Waals surface area contributed by atoms with Crippen molar-refractivity contribution in [3.05, 3.63) is 202 Å². The molecule has 4 heterocycles. The van der Waals surface area contributed by atoms with Gasteiger partial charge in [0.05, 0.1) is 45.8 Å². The van der Waals surface area contributed by atoms with Gasteiger partial charge in [0.1, 0.15) is 0 Å². The van der Waals surface area contributed by atoms with Gasteiger partial charge in [-0.05, 0) is 114 Å². The van der Waals surface area contributed by atoms with Crippen LogP contribution in [0.3, 0.4) is 0 Å². The van der Waals surface area contributed by atoms with Gasteiger partial charge in [-0.3, -0.25) is 9.59 Å². The first-order valence-corrected chi connectivity index (χ1v) is 22.4. The summed E-state index contributed by atoms with van der Waals surface area (Å²) >= 11 is 0. The number of rotatable bonds is 9. The standard InChI is InChI=1S/C55H42F6N8O2/c1-52(2)42-9-5-7-11-44(42)66(46(52)27-25-40-48(54(56,57)58)64-68(50(40)70)38-21-17-35(31-62)18-22-38)30-29-34-13-15-37(16-14-34)33-67-45-12-8-6-10-43(45)53(3,4)47(67)28-26-41-49(55(59,60)61)65-69(51(41)71)39-23-19-36(32-63)20-24-39/h5-28H,29-30,33H2,1-4H3/b40-25+,41-26+,46-27+,47-28+. The number of hydrogen-bond donors (Lipinski definition) is 0. The van der Waals surface area contributed by atoms with E-state index in [1.165, 1.54) is 60.7 Å². The molecule has 356 valence electrons. The summed E-state index contributed by atoms with van der Waals surface area (Å²) in [7, 11) is 0. The third-order valence-corrected chi connectivity index (χ3v) is 13.2. The Kier molecular flexibility index (Phi) is 11.9. The molecule has 0 aromatic heterocycles. The molecular formula is C55H42F6N8O2. The monoisotopic (exact) mass is 960 g/mol. The minimum atomic E-state index is -4.94. The molecule has 4 aliphatic heterocycles. The third-order valence-electron chi connectivity index (χ3n) is 13.2. The maximum atomic E-state index is 14.5. The smallest absolute Gasteiger partial charge is 0.344 e. The number of allylic oxidation sites excluding steroid dienone is 6. The molecular weight excluding hydrogens is 919 g/mol. The summed E-state index contributed by atoms with van der Waals surface area (Å²) in [4.78, 5) is 31.3. The molecule has 0 saturated carbocycles. The van der Waals surface area contributed by atoms with Crippen LogP contribution in [0.2, 0.25) is 0 Å². The SMILES string of the molecule is CC1(C)/C(=C\C=C2\C(=O)N(c3ccc(C#N)cc3)N=C2C(F)(F)F)N(CCc2ccc(CN3/C(=C/C=C4/C(=O)N(c5ccc(C#N)cc5)N=C4C(F)(F)F)C(C)(C)c4ccccc43)cc2)c2ccccc21. The lowest BCUT2D eigenvalue weighted by atomic mass is 9.83. The highest BCUT2D eigenvalue weighted by molar-refractivity contribution is 6.33. The van der Waals surface area contributed by atoms with Crippen LogP contribution in [-0.4, -0.2) is 42.1 Å². The lowest BCUT2D eigenvalue weighted by Crippen LogP contribution is -2.28. The predicted molar refractivity (Wildman–Crippen MR) is 259 cm³/mol. The summed E-state index contributed by atoms with van der Waals surface area (Å²) in [5, 5.41) is 27.1. The molecule has 2 amide bonds. The van der Waals surface area contributed by atoms with Crippen LogP contribution < -0.4 is 19.8 Å². The van der Waals surface area contributed by atoms with Crippen molar-refractivity contribution in [2.45, 2.75) is 63.8 Å². The Balaban J connectivity index is 0.979. The Morgan fingerprint density at radius 2 is 0.930 bits per heavy atom. The van der Waals surface area contributed by atoms with Crippen LogP contribution in [0.1, 0.15) is 61.1 Å². The molecule has 0 atom stereocenters. The Hall–Kier alpha value is -8.50. The second kappa shape index (κ2) is 17.8. The maximum absolute atomic E-state index is 14.5. The fourth-order valence-electron chi connectivity index (χ4n) is 9.51. The molecule has 0 radical (unpaired) electrons. The molecule has 0 bridgehead atoms. The van der Waals surface area contributed by atoms with Gasteiger partial charge >= 0.3 is 12.4 Å². The van der Waals surface area contributed by atoms with Crippen molar-refractivity contribution in [3.63, 3.8) is 0 Å². The van der Waals surface area contributed by atoms with E-state index in [2.05, 4.69) is 10.2 Å². The zero-order valence-electron chi connectivity index (χ0n) is 38.6. The molecule has 0 saturated heterocycles. The summed E-state index contributed by atoms with van der Waals surface area (Å²) in [6, 6.07) is 38.2. The van der Waals surface area contributed by atoms with Crippen molar-refractivity contribution in [3.8, 4) is 12.1 Å². The second-order valence-electron chi connectivity index (χ2n) is 18.3. The summed E-state index contributed by atoms with van der Waals surface area (Å²) in [5.74, 6) is -1.92. The number of carbonyl (C=O) groups excluding carboxylic acids is 2. The number of carbonyl (C=O) groups is 2. The van der Waals surface area contributed by atoms with Crippen molar-refractivity contribution in [2.75, 3.05) is 26.4 Å². The second-order valence-corrected chi connectivity index (χ2v) is 18.3. The Morgan fingerprint density at radius 1 is 0.535 bits per heavy atom. The molecule has 5 aromatic rings. The molecule has 10 nitrogen and oxygen atoms in total. The minimum absolute atomic E-state index is 0.0822. The van der Waals surface area contributed by atoms with E-state index >= 15 is 0 Å². The fraction of sp³-hybridized carbons (Fsp3) is 0.200. The number of nitriles is 2. The van der Waals surface area contributed by atoms with E-state index in [1.54, 1.807) is 12.2 Å². The van der Waals surface area contributed by atoms with Gasteiger partial charge in [-0.1, -0.05) is 88.4 Å². The number of benzene rings is 5. The van der Waals surface area contributed by atoms with E-state index in [0.29, 0.717) is 40.9 Å². The Bertz CT molecular complexity index is 3270.